The molecule has 2 aromatic rings. The van der Waals surface area contributed by atoms with Crippen LogP contribution in [-0.4, -0.2) is 27.9 Å². The number of unbranched alkanes of at least 4 members (excludes halogenated alkanes) is 2. The van der Waals surface area contributed by atoms with Crippen LogP contribution >= 0.6 is 0 Å². The lowest BCUT2D eigenvalue weighted by Crippen LogP contribution is -2.08. The molecule has 0 spiro atoms. The number of nitrogens with zero attached hydrogens (tertiary/aromatic N) is 3. The first-order valence-electron chi connectivity index (χ1n) is 8.31. The van der Waals surface area contributed by atoms with E-state index in [1.54, 1.807) is 0 Å². The predicted octanol–water partition coefficient (Wildman–Crippen LogP) is 3.60. The van der Waals surface area contributed by atoms with Crippen LogP contribution in [0.15, 0.2) is 24.3 Å². The van der Waals surface area contributed by atoms with Crippen molar-refractivity contribution in [3.05, 3.63) is 41.2 Å². The van der Waals surface area contributed by atoms with E-state index in [4.69, 9.17) is 4.74 Å². The second kappa shape index (κ2) is 9.08. The molecule has 0 aliphatic carbocycles. The molecule has 0 N–H and O–H groups in total. The van der Waals surface area contributed by atoms with Crippen LogP contribution in [0.3, 0.4) is 0 Å². The summed E-state index contributed by atoms with van der Waals surface area (Å²) in [6.45, 7) is 5.66. The smallest absolute Gasteiger partial charge is 0.172 e. The van der Waals surface area contributed by atoms with Gasteiger partial charge in [-0.2, -0.15) is 0 Å². The minimum absolute atomic E-state index is 0.481. The average molecular weight is 315 g/mol. The van der Waals surface area contributed by atoms with E-state index in [2.05, 4.69) is 24.2 Å². The van der Waals surface area contributed by atoms with Crippen molar-refractivity contribution in [3.8, 4) is 5.75 Å². The maximum atomic E-state index is 11.0. The lowest BCUT2D eigenvalue weighted by molar-refractivity contribution is 0.111. The van der Waals surface area contributed by atoms with Gasteiger partial charge in [-0.25, -0.2) is 4.68 Å². The minimum atomic E-state index is 0.481. The van der Waals surface area contributed by atoms with E-state index in [1.807, 2.05) is 28.9 Å². The first kappa shape index (κ1) is 17.2. The summed E-state index contributed by atoms with van der Waals surface area (Å²) in [5, 5.41) is 8.06. The van der Waals surface area contributed by atoms with E-state index in [-0.39, 0.29) is 0 Å². The summed E-state index contributed by atoms with van der Waals surface area (Å²) < 4.78 is 7.59. The highest BCUT2D eigenvalue weighted by molar-refractivity contribution is 5.73. The van der Waals surface area contributed by atoms with Gasteiger partial charge in [0.05, 0.1) is 12.3 Å². The number of aldehydes is 1. The van der Waals surface area contributed by atoms with Crippen LogP contribution < -0.4 is 4.74 Å². The van der Waals surface area contributed by atoms with Crippen LogP contribution in [0.2, 0.25) is 0 Å². The third-order valence-corrected chi connectivity index (χ3v) is 3.80. The SMILES string of the molecule is CCCCc1c(C=O)nnn1CCCCOc1ccc(C)cc1. The standard InChI is InChI=1S/C18H25N3O2/c1-3-4-7-18-17(14-22)19-20-21(18)12-5-6-13-23-16-10-8-15(2)9-11-16/h8-11,14H,3-7,12-13H2,1-2H3. The largest absolute Gasteiger partial charge is 0.494 e. The molecule has 0 radical (unpaired) electrons. The van der Waals surface area contributed by atoms with Crippen molar-refractivity contribution in [1.82, 2.24) is 15.0 Å². The minimum Gasteiger partial charge on any atom is -0.494 e. The van der Waals surface area contributed by atoms with Crippen molar-refractivity contribution in [2.24, 2.45) is 0 Å². The second-order valence-corrected chi connectivity index (χ2v) is 5.73. The Labute approximate surface area is 137 Å². The quantitative estimate of drug-likeness (QED) is 0.496. The number of ether oxygens (including phenoxy) is 1. The monoisotopic (exact) mass is 315 g/mol. The molecule has 5 nitrogen and oxygen atoms in total. The zero-order chi connectivity index (χ0) is 16.5. The van der Waals surface area contributed by atoms with E-state index >= 15 is 0 Å². The number of benzene rings is 1. The molecule has 23 heavy (non-hydrogen) atoms. The Morgan fingerprint density at radius 1 is 1.17 bits per heavy atom. The molecule has 0 bridgehead atoms. The van der Waals surface area contributed by atoms with E-state index in [1.165, 1.54) is 5.56 Å². The van der Waals surface area contributed by atoms with Crippen molar-refractivity contribution in [1.29, 1.82) is 0 Å². The maximum absolute atomic E-state index is 11.0. The number of hydrogen-bond acceptors (Lipinski definition) is 4. The molecule has 0 aliphatic heterocycles. The molecule has 0 aliphatic rings. The predicted molar refractivity (Wildman–Crippen MR) is 89.9 cm³/mol. The molecule has 0 atom stereocenters. The molecule has 0 fully saturated rings. The molecule has 1 aromatic heterocycles. The molecule has 124 valence electrons. The van der Waals surface area contributed by atoms with Gasteiger partial charge in [-0.3, -0.25) is 4.79 Å². The number of carbonyl (C=O) groups excluding carboxylic acids is 1. The first-order chi connectivity index (χ1) is 11.2. The average Bonchev–Trinajstić information content (AvgIpc) is 2.96. The highest BCUT2D eigenvalue weighted by Crippen LogP contribution is 2.13. The molecule has 0 saturated carbocycles. The zero-order valence-corrected chi connectivity index (χ0v) is 14.0. The summed E-state index contributed by atoms with van der Waals surface area (Å²) in [6, 6.07) is 8.08. The van der Waals surface area contributed by atoms with Gasteiger partial charge in [0, 0.05) is 6.54 Å². The summed E-state index contributed by atoms with van der Waals surface area (Å²) in [5.41, 5.74) is 2.67. The highest BCUT2D eigenvalue weighted by atomic mass is 16.5. The summed E-state index contributed by atoms with van der Waals surface area (Å²) in [6.07, 6.45) is 5.69. The fourth-order valence-corrected chi connectivity index (χ4v) is 2.41. The van der Waals surface area contributed by atoms with Crippen molar-refractivity contribution in [2.45, 2.75) is 52.5 Å². The summed E-state index contributed by atoms with van der Waals surface area (Å²) in [5.74, 6) is 0.906. The van der Waals surface area contributed by atoms with Crippen molar-refractivity contribution >= 4 is 6.29 Å². The van der Waals surface area contributed by atoms with Gasteiger partial charge in [0.1, 0.15) is 11.4 Å². The highest BCUT2D eigenvalue weighted by Gasteiger charge is 2.11. The van der Waals surface area contributed by atoms with Crippen LogP contribution in [0.1, 0.15) is 54.4 Å². The van der Waals surface area contributed by atoms with Crippen LogP contribution in [0.25, 0.3) is 0 Å². The molecular formula is C18H25N3O2. The summed E-state index contributed by atoms with van der Waals surface area (Å²) >= 11 is 0. The fourth-order valence-electron chi connectivity index (χ4n) is 2.41. The Kier molecular flexibility index (Phi) is 6.78. The third-order valence-electron chi connectivity index (χ3n) is 3.80. The summed E-state index contributed by atoms with van der Waals surface area (Å²) in [4.78, 5) is 11.0. The molecule has 0 amide bonds. The van der Waals surface area contributed by atoms with Gasteiger partial charge in [0.15, 0.2) is 6.29 Å². The summed E-state index contributed by atoms with van der Waals surface area (Å²) in [7, 11) is 0. The lowest BCUT2D eigenvalue weighted by atomic mass is 10.1. The van der Waals surface area contributed by atoms with E-state index in [0.29, 0.717) is 12.3 Å². The molecule has 1 heterocycles. The van der Waals surface area contributed by atoms with Crippen molar-refractivity contribution in [2.75, 3.05) is 6.61 Å². The Morgan fingerprint density at radius 2 is 1.96 bits per heavy atom. The Morgan fingerprint density at radius 3 is 2.65 bits per heavy atom. The van der Waals surface area contributed by atoms with Gasteiger partial charge in [-0.1, -0.05) is 36.3 Å². The fraction of sp³-hybridized carbons (Fsp3) is 0.500. The lowest BCUT2D eigenvalue weighted by Gasteiger charge is -2.08. The number of hydrogen-bond donors (Lipinski definition) is 0. The van der Waals surface area contributed by atoms with Gasteiger partial charge < -0.3 is 4.74 Å². The number of aromatic nitrogens is 3. The Hall–Kier alpha value is -2.17. The number of rotatable bonds is 10. The molecular weight excluding hydrogens is 290 g/mol. The van der Waals surface area contributed by atoms with Gasteiger partial charge >= 0.3 is 0 Å². The third kappa shape index (κ3) is 5.20. The van der Waals surface area contributed by atoms with Crippen LogP contribution in [0.5, 0.6) is 5.75 Å². The second-order valence-electron chi connectivity index (χ2n) is 5.73. The molecule has 1 aromatic carbocycles. The molecule has 2 rings (SSSR count). The van der Waals surface area contributed by atoms with E-state index < -0.39 is 0 Å². The zero-order valence-electron chi connectivity index (χ0n) is 14.0. The molecule has 0 unspecified atom stereocenters. The Balaban J connectivity index is 1.76. The topological polar surface area (TPSA) is 57.0 Å². The number of carbonyl (C=O) groups is 1. The van der Waals surface area contributed by atoms with Crippen molar-refractivity contribution < 1.29 is 9.53 Å². The first-order valence-corrected chi connectivity index (χ1v) is 8.31. The van der Waals surface area contributed by atoms with Crippen LogP contribution in [0.4, 0.5) is 0 Å². The van der Waals surface area contributed by atoms with Crippen LogP contribution in [0, 0.1) is 6.92 Å². The molecule has 0 saturated heterocycles. The Bertz CT molecular complexity index is 605. The van der Waals surface area contributed by atoms with E-state index in [9.17, 15) is 4.79 Å². The maximum Gasteiger partial charge on any atom is 0.172 e. The van der Waals surface area contributed by atoms with E-state index in [0.717, 1.165) is 56.4 Å². The van der Waals surface area contributed by atoms with Gasteiger partial charge in [0.2, 0.25) is 0 Å². The van der Waals surface area contributed by atoms with Crippen LogP contribution in [-0.2, 0) is 13.0 Å². The number of aryl methyl sites for hydroxylation is 2. The normalized spacial score (nSPS) is 10.7. The van der Waals surface area contributed by atoms with Gasteiger partial charge in [-0.15, -0.1) is 5.10 Å². The van der Waals surface area contributed by atoms with Gasteiger partial charge in [-0.05, 0) is 44.7 Å². The molecule has 5 heteroatoms. The van der Waals surface area contributed by atoms with Gasteiger partial charge in [0.25, 0.3) is 0 Å². The van der Waals surface area contributed by atoms with Crippen molar-refractivity contribution in [3.63, 3.8) is 0 Å².